The van der Waals surface area contributed by atoms with Gasteiger partial charge in [0.15, 0.2) is 0 Å². The van der Waals surface area contributed by atoms with E-state index in [-0.39, 0.29) is 5.82 Å². The van der Waals surface area contributed by atoms with E-state index in [1.54, 1.807) is 13.0 Å². The molecule has 0 N–H and O–H groups in total. The Kier molecular flexibility index (Phi) is 2.90. The van der Waals surface area contributed by atoms with Gasteiger partial charge in [-0.3, -0.25) is 0 Å². The lowest BCUT2D eigenvalue weighted by atomic mass is 10.1. The Labute approximate surface area is 78.5 Å². The average Bonchev–Trinajstić information content (AvgIpc) is 1.97. The van der Waals surface area contributed by atoms with Crippen LogP contribution in [0.3, 0.4) is 0 Å². The van der Waals surface area contributed by atoms with Crippen molar-refractivity contribution < 1.29 is 4.39 Å². The lowest BCUT2D eigenvalue weighted by Gasteiger charge is -2.02. The maximum atomic E-state index is 12.8. The molecular formula is C8H7BrClF. The number of aryl methyl sites for hydroxylation is 1. The number of hydrogen-bond acceptors (Lipinski definition) is 0. The van der Waals surface area contributed by atoms with Crippen molar-refractivity contribution in [2.45, 2.75) is 12.8 Å². The highest BCUT2D eigenvalue weighted by Gasteiger charge is 2.03. The summed E-state index contributed by atoms with van der Waals surface area (Å²) >= 11 is 8.82. The maximum Gasteiger partial charge on any atom is 0.127 e. The first-order valence-corrected chi connectivity index (χ1v) is 4.48. The molecule has 0 aliphatic carbocycles. The third kappa shape index (κ3) is 1.94. The molecule has 0 saturated heterocycles. The molecule has 1 aromatic carbocycles. The van der Waals surface area contributed by atoms with Gasteiger partial charge in [-0.2, -0.15) is 0 Å². The molecule has 0 saturated carbocycles. The molecule has 0 atom stereocenters. The van der Waals surface area contributed by atoms with E-state index in [0.717, 1.165) is 10.0 Å². The van der Waals surface area contributed by atoms with Gasteiger partial charge in [0.1, 0.15) is 5.82 Å². The highest BCUT2D eigenvalue weighted by atomic mass is 79.9. The fraction of sp³-hybridized carbons (Fsp3) is 0.250. The molecule has 0 aromatic heterocycles. The summed E-state index contributed by atoms with van der Waals surface area (Å²) in [6.45, 7) is 1.72. The molecule has 1 aromatic rings. The molecule has 11 heavy (non-hydrogen) atoms. The summed E-state index contributed by atoms with van der Waals surface area (Å²) in [5.74, 6) is 0.201. The monoisotopic (exact) mass is 236 g/mol. The van der Waals surface area contributed by atoms with Crippen LogP contribution in [-0.4, -0.2) is 0 Å². The van der Waals surface area contributed by atoms with E-state index in [2.05, 4.69) is 15.9 Å². The molecule has 0 fully saturated rings. The summed E-state index contributed by atoms with van der Waals surface area (Å²) in [7, 11) is 0. The fourth-order valence-electron chi connectivity index (χ4n) is 0.819. The predicted molar refractivity (Wildman–Crippen MR) is 48.4 cm³/mol. The zero-order chi connectivity index (χ0) is 8.43. The van der Waals surface area contributed by atoms with E-state index in [4.69, 9.17) is 11.6 Å². The second kappa shape index (κ2) is 3.55. The van der Waals surface area contributed by atoms with Crippen molar-refractivity contribution in [2.24, 2.45) is 0 Å². The molecule has 0 spiro atoms. The molecule has 0 bridgehead atoms. The van der Waals surface area contributed by atoms with Gasteiger partial charge in [0.05, 0.1) is 0 Å². The molecular weight excluding hydrogens is 230 g/mol. The molecule has 0 radical (unpaired) electrons. The van der Waals surface area contributed by atoms with E-state index >= 15 is 0 Å². The van der Waals surface area contributed by atoms with Crippen molar-refractivity contribution in [1.29, 1.82) is 0 Å². The Hall–Kier alpha value is -0.0800. The van der Waals surface area contributed by atoms with Crippen molar-refractivity contribution in [1.82, 2.24) is 0 Å². The zero-order valence-corrected chi connectivity index (χ0v) is 8.34. The third-order valence-corrected chi connectivity index (χ3v) is 2.50. The predicted octanol–water partition coefficient (Wildman–Crippen LogP) is 3.64. The quantitative estimate of drug-likeness (QED) is 0.654. The smallest absolute Gasteiger partial charge is 0.127 e. The van der Waals surface area contributed by atoms with E-state index in [0.29, 0.717) is 11.4 Å². The SMILES string of the molecule is Cc1cc(CCl)c(Br)cc1F. The molecule has 3 heteroatoms. The first-order valence-electron chi connectivity index (χ1n) is 3.15. The second-order valence-corrected chi connectivity index (χ2v) is 3.45. The summed E-state index contributed by atoms with van der Waals surface area (Å²) in [5.41, 5.74) is 1.55. The van der Waals surface area contributed by atoms with Gasteiger partial charge in [-0.25, -0.2) is 4.39 Å². The fourth-order valence-corrected chi connectivity index (χ4v) is 1.66. The lowest BCUT2D eigenvalue weighted by molar-refractivity contribution is 0.617. The number of halogens is 3. The number of rotatable bonds is 1. The summed E-state index contributed by atoms with van der Waals surface area (Å²) in [5, 5.41) is 0. The minimum atomic E-state index is -0.203. The van der Waals surface area contributed by atoms with Gasteiger partial charge >= 0.3 is 0 Å². The Morgan fingerprint density at radius 1 is 1.55 bits per heavy atom. The van der Waals surface area contributed by atoms with Crippen LogP contribution in [0.5, 0.6) is 0 Å². The van der Waals surface area contributed by atoms with Gasteiger partial charge in [0, 0.05) is 10.4 Å². The average molecular weight is 237 g/mol. The van der Waals surface area contributed by atoms with Crippen molar-refractivity contribution in [3.05, 3.63) is 33.5 Å². The highest BCUT2D eigenvalue weighted by molar-refractivity contribution is 9.10. The zero-order valence-electron chi connectivity index (χ0n) is 6.00. The van der Waals surface area contributed by atoms with Gasteiger partial charge in [0.25, 0.3) is 0 Å². The van der Waals surface area contributed by atoms with Crippen LogP contribution < -0.4 is 0 Å². The topological polar surface area (TPSA) is 0 Å². The van der Waals surface area contributed by atoms with Crippen molar-refractivity contribution in [3.8, 4) is 0 Å². The van der Waals surface area contributed by atoms with Crippen LogP contribution in [0, 0.1) is 12.7 Å². The number of benzene rings is 1. The van der Waals surface area contributed by atoms with Crippen molar-refractivity contribution >= 4 is 27.5 Å². The molecule has 0 nitrogen and oxygen atoms in total. The van der Waals surface area contributed by atoms with Gasteiger partial charge in [-0.15, -0.1) is 11.6 Å². The van der Waals surface area contributed by atoms with E-state index in [9.17, 15) is 4.39 Å². The Bertz CT molecular complexity index is 273. The van der Waals surface area contributed by atoms with E-state index < -0.39 is 0 Å². The minimum absolute atomic E-state index is 0.203. The minimum Gasteiger partial charge on any atom is -0.207 e. The molecule has 1 rings (SSSR count). The molecule has 0 aliphatic heterocycles. The molecule has 0 aliphatic rings. The van der Waals surface area contributed by atoms with Gasteiger partial charge < -0.3 is 0 Å². The third-order valence-electron chi connectivity index (χ3n) is 1.47. The van der Waals surface area contributed by atoms with Crippen LogP contribution in [0.4, 0.5) is 4.39 Å². The van der Waals surface area contributed by atoms with Gasteiger partial charge in [-0.05, 0) is 24.1 Å². The molecule has 0 unspecified atom stereocenters. The first-order chi connectivity index (χ1) is 5.15. The van der Waals surface area contributed by atoms with Crippen LogP contribution in [0.25, 0.3) is 0 Å². The molecule has 60 valence electrons. The Balaban J connectivity index is 3.21. The maximum absolute atomic E-state index is 12.8. The van der Waals surface area contributed by atoms with Crippen LogP contribution in [0.15, 0.2) is 16.6 Å². The summed E-state index contributed by atoms with van der Waals surface area (Å²) in [6.07, 6.45) is 0. The standard InChI is InChI=1S/C8H7BrClF/c1-5-2-6(4-10)7(9)3-8(5)11/h2-3H,4H2,1H3. The van der Waals surface area contributed by atoms with Gasteiger partial charge in [-0.1, -0.05) is 22.0 Å². The van der Waals surface area contributed by atoms with Crippen LogP contribution >= 0.6 is 27.5 Å². The largest absolute Gasteiger partial charge is 0.207 e. The number of hydrogen-bond donors (Lipinski definition) is 0. The van der Waals surface area contributed by atoms with Crippen LogP contribution in [-0.2, 0) is 5.88 Å². The summed E-state index contributed by atoms with van der Waals surface area (Å²) in [6, 6.07) is 3.18. The summed E-state index contributed by atoms with van der Waals surface area (Å²) in [4.78, 5) is 0. The molecule has 0 amide bonds. The normalized spacial score (nSPS) is 10.2. The van der Waals surface area contributed by atoms with Gasteiger partial charge in [0.2, 0.25) is 0 Å². The van der Waals surface area contributed by atoms with Crippen LogP contribution in [0.1, 0.15) is 11.1 Å². The summed E-state index contributed by atoms with van der Waals surface area (Å²) < 4.78 is 13.6. The first kappa shape index (κ1) is 9.01. The Morgan fingerprint density at radius 3 is 2.73 bits per heavy atom. The van der Waals surface area contributed by atoms with E-state index in [1.807, 2.05) is 0 Å². The number of alkyl halides is 1. The highest BCUT2D eigenvalue weighted by Crippen LogP contribution is 2.22. The van der Waals surface area contributed by atoms with E-state index in [1.165, 1.54) is 6.07 Å². The lowest BCUT2D eigenvalue weighted by Crippen LogP contribution is -1.87. The molecule has 0 heterocycles. The van der Waals surface area contributed by atoms with Crippen molar-refractivity contribution in [3.63, 3.8) is 0 Å². The Morgan fingerprint density at radius 2 is 2.18 bits per heavy atom. The second-order valence-electron chi connectivity index (χ2n) is 2.33. The van der Waals surface area contributed by atoms with Crippen LogP contribution in [0.2, 0.25) is 0 Å². The van der Waals surface area contributed by atoms with Crippen molar-refractivity contribution in [2.75, 3.05) is 0 Å².